The summed E-state index contributed by atoms with van der Waals surface area (Å²) in [5.41, 5.74) is 1.00. The lowest BCUT2D eigenvalue weighted by molar-refractivity contribution is -0.122. The molecule has 0 radical (unpaired) electrons. The summed E-state index contributed by atoms with van der Waals surface area (Å²) in [7, 11) is 0. The molecule has 0 aliphatic carbocycles. The lowest BCUT2D eigenvalue weighted by atomic mass is 10.1. The van der Waals surface area contributed by atoms with Crippen molar-refractivity contribution in [2.24, 2.45) is 0 Å². The standard InChI is InChI=1S/C14H16N2O2S/c1-2-3-8-16-13(18)11(15-14(16)19)9-10-6-4-5-7-12(10)17/h4-7,9,17H,2-3,8H2,1H3,(H,15,19)/b11-9-. The van der Waals surface area contributed by atoms with Crippen molar-refractivity contribution in [3.63, 3.8) is 0 Å². The Labute approximate surface area is 117 Å². The van der Waals surface area contributed by atoms with Gasteiger partial charge in [-0.2, -0.15) is 0 Å². The molecular weight excluding hydrogens is 260 g/mol. The molecular formula is C14H16N2O2S. The molecule has 5 heteroatoms. The van der Waals surface area contributed by atoms with Gasteiger partial charge in [0.2, 0.25) is 0 Å². The van der Waals surface area contributed by atoms with E-state index in [-0.39, 0.29) is 11.7 Å². The van der Waals surface area contributed by atoms with E-state index in [1.165, 1.54) is 0 Å². The summed E-state index contributed by atoms with van der Waals surface area (Å²) in [5, 5.41) is 13.0. The fraction of sp³-hybridized carbons (Fsp3) is 0.286. The minimum atomic E-state index is -0.137. The number of phenolic OH excluding ortho intramolecular Hbond substituents is 1. The number of nitrogens with zero attached hydrogens (tertiary/aromatic N) is 1. The number of amides is 1. The average molecular weight is 276 g/mol. The first kappa shape index (κ1) is 13.5. The number of phenols is 1. The van der Waals surface area contributed by atoms with Crippen LogP contribution in [0.2, 0.25) is 0 Å². The Hall–Kier alpha value is -1.88. The van der Waals surface area contributed by atoms with Crippen molar-refractivity contribution in [1.29, 1.82) is 0 Å². The number of thiocarbonyl (C=S) groups is 1. The van der Waals surface area contributed by atoms with Gasteiger partial charge in [0.15, 0.2) is 5.11 Å². The van der Waals surface area contributed by atoms with Gasteiger partial charge in [-0.3, -0.25) is 9.69 Å². The van der Waals surface area contributed by atoms with Gasteiger partial charge in [-0.05, 0) is 30.8 Å². The highest BCUT2D eigenvalue weighted by molar-refractivity contribution is 7.80. The topological polar surface area (TPSA) is 52.6 Å². The van der Waals surface area contributed by atoms with Gasteiger partial charge in [-0.1, -0.05) is 31.5 Å². The molecule has 0 spiro atoms. The van der Waals surface area contributed by atoms with Crippen molar-refractivity contribution < 1.29 is 9.90 Å². The van der Waals surface area contributed by atoms with Crippen molar-refractivity contribution in [3.8, 4) is 5.75 Å². The SMILES string of the molecule is CCCCN1C(=O)/C(=C/c2ccccc2O)NC1=S. The van der Waals surface area contributed by atoms with E-state index in [9.17, 15) is 9.90 Å². The summed E-state index contributed by atoms with van der Waals surface area (Å²) in [4.78, 5) is 13.7. The zero-order valence-corrected chi connectivity index (χ0v) is 11.5. The molecule has 1 heterocycles. The first-order valence-corrected chi connectivity index (χ1v) is 6.67. The molecule has 100 valence electrons. The van der Waals surface area contributed by atoms with Crippen LogP contribution in [0.1, 0.15) is 25.3 Å². The molecule has 1 saturated heterocycles. The summed E-state index contributed by atoms with van der Waals surface area (Å²) >= 11 is 5.15. The normalized spacial score (nSPS) is 17.1. The van der Waals surface area contributed by atoms with Crippen LogP contribution in [0.25, 0.3) is 6.08 Å². The smallest absolute Gasteiger partial charge is 0.276 e. The molecule has 0 saturated carbocycles. The Bertz CT molecular complexity index is 540. The molecule has 2 rings (SSSR count). The van der Waals surface area contributed by atoms with Gasteiger partial charge < -0.3 is 10.4 Å². The first-order valence-electron chi connectivity index (χ1n) is 6.26. The van der Waals surface area contributed by atoms with Crippen LogP contribution in [0, 0.1) is 0 Å². The van der Waals surface area contributed by atoms with E-state index in [0.717, 1.165) is 12.8 Å². The van der Waals surface area contributed by atoms with Gasteiger partial charge in [-0.15, -0.1) is 0 Å². The molecule has 1 fully saturated rings. The van der Waals surface area contributed by atoms with Crippen LogP contribution < -0.4 is 5.32 Å². The highest BCUT2D eigenvalue weighted by Gasteiger charge is 2.29. The van der Waals surface area contributed by atoms with Gasteiger partial charge in [0.25, 0.3) is 5.91 Å². The fourth-order valence-corrected chi connectivity index (χ4v) is 2.14. The Morgan fingerprint density at radius 1 is 1.42 bits per heavy atom. The number of aromatic hydroxyl groups is 1. The van der Waals surface area contributed by atoms with Gasteiger partial charge in [0.1, 0.15) is 11.4 Å². The Morgan fingerprint density at radius 3 is 2.84 bits per heavy atom. The van der Waals surface area contributed by atoms with Crippen LogP contribution >= 0.6 is 12.2 Å². The number of unbranched alkanes of at least 4 members (excludes halogenated alkanes) is 1. The summed E-state index contributed by atoms with van der Waals surface area (Å²) in [6.45, 7) is 2.69. The molecule has 2 N–H and O–H groups in total. The number of hydrogen-bond acceptors (Lipinski definition) is 3. The third-order valence-corrected chi connectivity index (χ3v) is 3.26. The van der Waals surface area contributed by atoms with E-state index in [1.54, 1.807) is 35.2 Å². The second kappa shape index (κ2) is 5.84. The van der Waals surface area contributed by atoms with Crippen molar-refractivity contribution in [3.05, 3.63) is 35.5 Å². The van der Waals surface area contributed by atoms with Gasteiger partial charge in [-0.25, -0.2) is 0 Å². The summed E-state index contributed by atoms with van der Waals surface area (Å²) in [5.74, 6) is 0.00392. The molecule has 1 aromatic carbocycles. The fourth-order valence-electron chi connectivity index (χ4n) is 1.86. The minimum absolute atomic E-state index is 0.137. The quantitative estimate of drug-likeness (QED) is 0.654. The Balaban J connectivity index is 2.21. The van der Waals surface area contributed by atoms with E-state index in [0.29, 0.717) is 22.9 Å². The van der Waals surface area contributed by atoms with Gasteiger partial charge >= 0.3 is 0 Å². The average Bonchev–Trinajstić information content (AvgIpc) is 2.65. The summed E-state index contributed by atoms with van der Waals surface area (Å²) in [6.07, 6.45) is 3.54. The van der Waals surface area contributed by atoms with Crippen LogP contribution in [0.3, 0.4) is 0 Å². The maximum atomic E-state index is 12.2. The molecule has 1 aliphatic heterocycles. The third-order valence-electron chi connectivity index (χ3n) is 2.93. The number of para-hydroxylation sites is 1. The second-order valence-corrected chi connectivity index (χ2v) is 4.74. The van der Waals surface area contributed by atoms with E-state index in [2.05, 4.69) is 12.2 Å². The molecule has 4 nitrogen and oxygen atoms in total. The zero-order valence-electron chi connectivity index (χ0n) is 10.7. The summed E-state index contributed by atoms with van der Waals surface area (Å²) < 4.78 is 0. The largest absolute Gasteiger partial charge is 0.507 e. The molecule has 0 unspecified atom stereocenters. The lowest BCUT2D eigenvalue weighted by Crippen LogP contribution is -2.31. The second-order valence-electron chi connectivity index (χ2n) is 4.36. The Kier molecular flexibility index (Phi) is 4.16. The molecule has 19 heavy (non-hydrogen) atoms. The lowest BCUT2D eigenvalue weighted by Gasteiger charge is -2.12. The highest BCUT2D eigenvalue weighted by Crippen LogP contribution is 2.21. The van der Waals surface area contributed by atoms with E-state index >= 15 is 0 Å². The maximum absolute atomic E-state index is 12.2. The highest BCUT2D eigenvalue weighted by atomic mass is 32.1. The van der Waals surface area contributed by atoms with Crippen LogP contribution in [-0.4, -0.2) is 27.6 Å². The molecule has 1 amide bonds. The van der Waals surface area contributed by atoms with Crippen LogP contribution in [0.4, 0.5) is 0 Å². The number of carbonyl (C=O) groups excluding carboxylic acids is 1. The predicted molar refractivity (Wildman–Crippen MR) is 78.4 cm³/mol. The van der Waals surface area contributed by atoms with E-state index in [4.69, 9.17) is 12.2 Å². The van der Waals surface area contributed by atoms with Crippen molar-refractivity contribution in [2.45, 2.75) is 19.8 Å². The van der Waals surface area contributed by atoms with Crippen LogP contribution in [-0.2, 0) is 4.79 Å². The minimum Gasteiger partial charge on any atom is -0.507 e. The number of carbonyl (C=O) groups is 1. The molecule has 0 bridgehead atoms. The van der Waals surface area contributed by atoms with E-state index in [1.807, 2.05) is 0 Å². The van der Waals surface area contributed by atoms with Crippen molar-refractivity contribution >= 4 is 29.3 Å². The summed E-state index contributed by atoms with van der Waals surface area (Å²) in [6, 6.07) is 6.87. The number of hydrogen-bond donors (Lipinski definition) is 2. The third kappa shape index (κ3) is 2.93. The van der Waals surface area contributed by atoms with Crippen LogP contribution in [0.15, 0.2) is 30.0 Å². The zero-order chi connectivity index (χ0) is 13.8. The maximum Gasteiger partial charge on any atom is 0.276 e. The van der Waals surface area contributed by atoms with Crippen LogP contribution in [0.5, 0.6) is 5.75 Å². The first-order chi connectivity index (χ1) is 9.13. The van der Waals surface area contributed by atoms with Gasteiger partial charge in [0, 0.05) is 12.1 Å². The van der Waals surface area contributed by atoms with Gasteiger partial charge in [0.05, 0.1) is 0 Å². The molecule has 0 aromatic heterocycles. The molecule has 1 aromatic rings. The molecule has 0 atom stereocenters. The number of benzene rings is 1. The monoisotopic (exact) mass is 276 g/mol. The van der Waals surface area contributed by atoms with Crippen molar-refractivity contribution in [2.75, 3.05) is 6.54 Å². The Morgan fingerprint density at radius 2 is 2.16 bits per heavy atom. The predicted octanol–water partition coefficient (Wildman–Crippen LogP) is 2.25. The van der Waals surface area contributed by atoms with E-state index < -0.39 is 0 Å². The number of nitrogens with one attached hydrogen (secondary N) is 1. The molecule has 1 aliphatic rings. The van der Waals surface area contributed by atoms with Crippen molar-refractivity contribution in [1.82, 2.24) is 10.2 Å². The number of rotatable bonds is 4.